The maximum absolute atomic E-state index is 5.91. The van der Waals surface area contributed by atoms with E-state index in [0.717, 1.165) is 56.0 Å². The number of rotatable bonds is 7. The highest BCUT2D eigenvalue weighted by molar-refractivity contribution is 9.10. The van der Waals surface area contributed by atoms with Crippen LogP contribution in [-0.4, -0.2) is 69.3 Å². The average molecular weight is 377 g/mol. The molecular weight excluding hydrogens is 354 g/mol. The van der Waals surface area contributed by atoms with Crippen molar-refractivity contribution in [1.82, 2.24) is 15.1 Å². The zero-order valence-corrected chi connectivity index (χ0v) is 14.8. The van der Waals surface area contributed by atoms with Crippen molar-refractivity contribution in [3.63, 3.8) is 0 Å². The largest absolute Gasteiger partial charge is 0.491 e. The van der Waals surface area contributed by atoms with Gasteiger partial charge >= 0.3 is 0 Å². The van der Waals surface area contributed by atoms with Gasteiger partial charge in [-0.2, -0.15) is 0 Å². The molecule has 4 nitrogen and oxygen atoms in total. The van der Waals surface area contributed by atoms with Gasteiger partial charge in [-0.1, -0.05) is 11.6 Å². The zero-order chi connectivity index (χ0) is 15.1. The van der Waals surface area contributed by atoms with E-state index >= 15 is 0 Å². The molecule has 1 aliphatic rings. The molecule has 2 rings (SSSR count). The van der Waals surface area contributed by atoms with Crippen LogP contribution in [0.25, 0.3) is 0 Å². The Labute approximate surface area is 140 Å². The van der Waals surface area contributed by atoms with Gasteiger partial charge in [-0.3, -0.25) is 4.90 Å². The number of benzene rings is 1. The maximum Gasteiger partial charge on any atom is 0.133 e. The number of hydrogen-bond acceptors (Lipinski definition) is 4. The Morgan fingerprint density at radius 1 is 1.33 bits per heavy atom. The lowest BCUT2D eigenvalue weighted by Gasteiger charge is -2.29. The molecule has 0 aromatic heterocycles. The summed E-state index contributed by atoms with van der Waals surface area (Å²) in [7, 11) is 2.14. The molecule has 1 aliphatic heterocycles. The Kier molecular flexibility index (Phi) is 7.26. The lowest BCUT2D eigenvalue weighted by atomic mass is 10.3. The van der Waals surface area contributed by atoms with Crippen LogP contribution in [0.1, 0.15) is 0 Å². The third kappa shape index (κ3) is 6.12. The van der Waals surface area contributed by atoms with Gasteiger partial charge in [0.15, 0.2) is 0 Å². The molecule has 118 valence electrons. The average Bonchev–Trinajstić information content (AvgIpc) is 2.48. The molecule has 6 heteroatoms. The second-order valence-electron chi connectivity index (χ2n) is 5.32. The Bertz CT molecular complexity index is 441. The van der Waals surface area contributed by atoms with Crippen molar-refractivity contribution < 1.29 is 4.74 Å². The fourth-order valence-electron chi connectivity index (χ4n) is 2.26. The number of likely N-dealkylation sites (N-methyl/N-ethyl adjacent to an activating group) is 1. The van der Waals surface area contributed by atoms with Gasteiger partial charge < -0.3 is 15.0 Å². The summed E-state index contributed by atoms with van der Waals surface area (Å²) >= 11 is 9.38. The van der Waals surface area contributed by atoms with E-state index in [1.165, 1.54) is 0 Å². The minimum absolute atomic E-state index is 0.679. The summed E-state index contributed by atoms with van der Waals surface area (Å²) in [6, 6.07) is 5.59. The summed E-state index contributed by atoms with van der Waals surface area (Å²) < 4.78 is 6.68. The Morgan fingerprint density at radius 3 is 2.81 bits per heavy atom. The van der Waals surface area contributed by atoms with Gasteiger partial charge in [0.25, 0.3) is 0 Å². The smallest absolute Gasteiger partial charge is 0.133 e. The molecule has 0 spiro atoms. The minimum Gasteiger partial charge on any atom is -0.491 e. The van der Waals surface area contributed by atoms with Crippen molar-refractivity contribution >= 4 is 27.5 Å². The first-order valence-corrected chi connectivity index (χ1v) is 8.52. The summed E-state index contributed by atoms with van der Waals surface area (Å²) in [4.78, 5) is 4.81. The molecule has 1 saturated heterocycles. The molecule has 0 atom stereocenters. The fourth-order valence-corrected chi connectivity index (χ4v) is 3.06. The second-order valence-corrected chi connectivity index (χ2v) is 6.61. The molecule has 1 fully saturated rings. The molecule has 1 aromatic rings. The van der Waals surface area contributed by atoms with Crippen molar-refractivity contribution in [2.24, 2.45) is 0 Å². The number of nitrogens with one attached hydrogen (secondary N) is 1. The molecule has 1 N–H and O–H groups in total. The summed E-state index contributed by atoms with van der Waals surface area (Å²) in [5.41, 5.74) is 0. The number of nitrogens with zero attached hydrogens (tertiary/aromatic N) is 2. The molecule has 0 saturated carbocycles. The van der Waals surface area contributed by atoms with Gasteiger partial charge in [-0.15, -0.1) is 0 Å². The monoisotopic (exact) mass is 375 g/mol. The van der Waals surface area contributed by atoms with Gasteiger partial charge in [0.2, 0.25) is 0 Å². The van der Waals surface area contributed by atoms with E-state index in [-0.39, 0.29) is 0 Å². The Morgan fingerprint density at radius 2 is 2.10 bits per heavy atom. The number of halogens is 2. The highest BCUT2D eigenvalue weighted by Gasteiger charge is 2.10. The zero-order valence-electron chi connectivity index (χ0n) is 12.4. The van der Waals surface area contributed by atoms with Gasteiger partial charge in [-0.25, -0.2) is 0 Å². The van der Waals surface area contributed by atoms with E-state index in [1.54, 1.807) is 0 Å². The summed E-state index contributed by atoms with van der Waals surface area (Å²) in [5, 5.41) is 4.09. The standard InChI is InChI=1S/C15H23BrClN3O/c1-19(8-9-20-6-4-18-5-7-20)10-11-21-15-3-2-13(17)12-14(15)16/h2-3,12,18H,4-11H2,1H3. The van der Waals surface area contributed by atoms with Gasteiger partial charge in [0.1, 0.15) is 12.4 Å². The first kappa shape index (κ1) is 17.0. The second kappa shape index (κ2) is 8.96. The van der Waals surface area contributed by atoms with Crippen LogP contribution in [0.4, 0.5) is 0 Å². The SMILES string of the molecule is CN(CCOc1ccc(Cl)cc1Br)CCN1CCNCC1. The third-order valence-corrected chi connectivity index (χ3v) is 4.49. The summed E-state index contributed by atoms with van der Waals surface area (Å²) in [6.45, 7) is 8.33. The normalized spacial score (nSPS) is 16.4. The molecule has 0 radical (unpaired) electrons. The minimum atomic E-state index is 0.679. The van der Waals surface area contributed by atoms with Crippen LogP contribution < -0.4 is 10.1 Å². The van der Waals surface area contributed by atoms with Crippen LogP contribution in [0.2, 0.25) is 5.02 Å². The highest BCUT2D eigenvalue weighted by atomic mass is 79.9. The van der Waals surface area contributed by atoms with Crippen molar-refractivity contribution in [2.45, 2.75) is 0 Å². The van der Waals surface area contributed by atoms with Crippen LogP contribution in [-0.2, 0) is 0 Å². The Balaban J connectivity index is 1.63. The predicted molar refractivity (Wildman–Crippen MR) is 91.5 cm³/mol. The first-order chi connectivity index (χ1) is 10.1. The van der Waals surface area contributed by atoms with Crippen LogP contribution in [0, 0.1) is 0 Å². The molecule has 0 unspecified atom stereocenters. The third-order valence-electron chi connectivity index (χ3n) is 3.63. The van der Waals surface area contributed by atoms with Gasteiger partial charge in [-0.05, 0) is 41.2 Å². The van der Waals surface area contributed by atoms with Crippen molar-refractivity contribution in [3.05, 3.63) is 27.7 Å². The van der Waals surface area contributed by atoms with Crippen molar-refractivity contribution in [3.8, 4) is 5.75 Å². The van der Waals surface area contributed by atoms with Gasteiger partial charge in [0.05, 0.1) is 4.47 Å². The molecule has 0 aliphatic carbocycles. The molecular formula is C15H23BrClN3O. The van der Waals surface area contributed by atoms with Crippen LogP contribution >= 0.6 is 27.5 Å². The first-order valence-electron chi connectivity index (χ1n) is 7.34. The van der Waals surface area contributed by atoms with E-state index in [1.807, 2.05) is 18.2 Å². The van der Waals surface area contributed by atoms with E-state index in [4.69, 9.17) is 16.3 Å². The summed E-state index contributed by atoms with van der Waals surface area (Å²) in [6.07, 6.45) is 0. The van der Waals surface area contributed by atoms with E-state index in [9.17, 15) is 0 Å². The van der Waals surface area contributed by atoms with Gasteiger partial charge in [0, 0.05) is 50.8 Å². The van der Waals surface area contributed by atoms with E-state index in [2.05, 4.69) is 38.1 Å². The fraction of sp³-hybridized carbons (Fsp3) is 0.600. The quantitative estimate of drug-likeness (QED) is 0.790. The lowest BCUT2D eigenvalue weighted by molar-refractivity contribution is 0.186. The van der Waals surface area contributed by atoms with E-state index in [0.29, 0.717) is 11.6 Å². The van der Waals surface area contributed by atoms with Crippen molar-refractivity contribution in [2.75, 3.05) is 59.5 Å². The highest BCUT2D eigenvalue weighted by Crippen LogP contribution is 2.27. The Hall–Kier alpha value is -0.330. The number of hydrogen-bond donors (Lipinski definition) is 1. The van der Waals surface area contributed by atoms with Crippen LogP contribution in [0.5, 0.6) is 5.75 Å². The molecule has 1 heterocycles. The van der Waals surface area contributed by atoms with E-state index < -0.39 is 0 Å². The van der Waals surface area contributed by atoms with Crippen molar-refractivity contribution in [1.29, 1.82) is 0 Å². The summed E-state index contributed by atoms with van der Waals surface area (Å²) in [5.74, 6) is 0.843. The maximum atomic E-state index is 5.91. The van der Waals surface area contributed by atoms with Crippen LogP contribution in [0.3, 0.4) is 0 Å². The number of ether oxygens (including phenoxy) is 1. The molecule has 0 bridgehead atoms. The predicted octanol–water partition coefficient (Wildman–Crippen LogP) is 2.32. The number of piperazine rings is 1. The molecule has 0 amide bonds. The lowest BCUT2D eigenvalue weighted by Crippen LogP contribution is -2.46. The molecule has 21 heavy (non-hydrogen) atoms. The molecule has 1 aromatic carbocycles. The van der Waals surface area contributed by atoms with Crippen LogP contribution in [0.15, 0.2) is 22.7 Å². The topological polar surface area (TPSA) is 27.7 Å².